The number of aryl methyl sites for hydroxylation is 2. The lowest BCUT2D eigenvalue weighted by atomic mass is 10.0. The van der Waals surface area contributed by atoms with Gasteiger partial charge in [-0.05, 0) is 62.4 Å². The minimum Gasteiger partial charge on any atom is -0.398 e. The molecule has 236 valence electrons. The number of ketones is 1. The van der Waals surface area contributed by atoms with Crippen molar-refractivity contribution in [1.82, 2.24) is 24.0 Å². The number of nitrogen functional groups attached to an aromatic ring is 1. The number of rotatable bonds is 18. The molecule has 4 aromatic rings. The maximum Gasteiger partial charge on any atom is 0.332 e. The number of unbranched alkanes of at least 4 members (excludes halogenated alkanes) is 2. The standard InChI is InChI=1S/C34H47N7O3/c1-3-5-18-37-19-22-39-30(23-25-11-7-6-8-12-25)38-32-31(39)33(43)41(20-4-2)34(44)40(32)21-16-26-14-15-27(24-28(26)36)29(42)13-9-10-17-35/h6-8,11-12,14-15,24,37H,3-5,9-10,13,16-23,35-36H2,1-2H3. The van der Waals surface area contributed by atoms with E-state index in [2.05, 4.69) is 12.2 Å². The summed E-state index contributed by atoms with van der Waals surface area (Å²) in [4.78, 5) is 45.1. The van der Waals surface area contributed by atoms with Crippen molar-refractivity contribution in [3.8, 4) is 0 Å². The van der Waals surface area contributed by atoms with Gasteiger partial charge in [0.2, 0.25) is 0 Å². The van der Waals surface area contributed by atoms with Crippen LogP contribution >= 0.6 is 0 Å². The Kier molecular flexibility index (Phi) is 12.1. The van der Waals surface area contributed by atoms with Gasteiger partial charge in [0.15, 0.2) is 16.9 Å². The van der Waals surface area contributed by atoms with Gasteiger partial charge in [-0.2, -0.15) is 0 Å². The van der Waals surface area contributed by atoms with Crippen molar-refractivity contribution >= 4 is 22.6 Å². The Hall–Kier alpha value is -4.02. The normalized spacial score (nSPS) is 11.4. The Bertz CT molecular complexity index is 1650. The highest BCUT2D eigenvalue weighted by Crippen LogP contribution is 2.20. The Morgan fingerprint density at radius 3 is 2.39 bits per heavy atom. The number of carbonyl (C=O) groups excluding carboxylic acids is 1. The average molecular weight is 602 g/mol. The third kappa shape index (κ3) is 7.92. The van der Waals surface area contributed by atoms with Gasteiger partial charge in [-0.1, -0.05) is 62.7 Å². The number of carbonyl (C=O) groups is 1. The van der Waals surface area contributed by atoms with E-state index in [4.69, 9.17) is 16.5 Å². The molecule has 4 rings (SSSR count). The fraction of sp³-hybridized carbons (Fsp3) is 0.471. The van der Waals surface area contributed by atoms with Gasteiger partial charge in [0, 0.05) is 50.3 Å². The molecule has 2 heterocycles. The van der Waals surface area contributed by atoms with Gasteiger partial charge >= 0.3 is 5.69 Å². The second kappa shape index (κ2) is 16.2. The summed E-state index contributed by atoms with van der Waals surface area (Å²) < 4.78 is 4.95. The molecule has 0 unspecified atom stereocenters. The number of nitrogens with zero attached hydrogens (tertiary/aromatic N) is 4. The number of fused-ring (bicyclic) bond motifs is 1. The van der Waals surface area contributed by atoms with E-state index in [0.717, 1.165) is 49.2 Å². The summed E-state index contributed by atoms with van der Waals surface area (Å²) in [6.45, 7) is 7.45. The largest absolute Gasteiger partial charge is 0.398 e. The van der Waals surface area contributed by atoms with Crippen molar-refractivity contribution in [3.63, 3.8) is 0 Å². The summed E-state index contributed by atoms with van der Waals surface area (Å²) in [6.07, 6.45) is 5.82. The molecule has 0 spiro atoms. The Labute approximate surface area is 259 Å². The molecule has 0 amide bonds. The summed E-state index contributed by atoms with van der Waals surface area (Å²) in [5, 5.41) is 3.48. The lowest BCUT2D eigenvalue weighted by Crippen LogP contribution is -2.41. The number of nitrogens with two attached hydrogens (primary N) is 2. The van der Waals surface area contributed by atoms with E-state index in [0.29, 0.717) is 80.8 Å². The third-order valence-electron chi connectivity index (χ3n) is 8.00. The smallest absolute Gasteiger partial charge is 0.332 e. The van der Waals surface area contributed by atoms with Crippen LogP contribution in [0.3, 0.4) is 0 Å². The molecule has 0 radical (unpaired) electrons. The van der Waals surface area contributed by atoms with E-state index in [1.165, 1.54) is 4.57 Å². The van der Waals surface area contributed by atoms with E-state index in [1.807, 2.05) is 47.9 Å². The van der Waals surface area contributed by atoms with Crippen molar-refractivity contribution in [3.05, 3.63) is 91.9 Å². The summed E-state index contributed by atoms with van der Waals surface area (Å²) in [5.74, 6) is 0.793. The lowest BCUT2D eigenvalue weighted by Gasteiger charge is -2.14. The van der Waals surface area contributed by atoms with Crippen LogP contribution in [-0.4, -0.2) is 44.1 Å². The van der Waals surface area contributed by atoms with Crippen LogP contribution in [0.15, 0.2) is 58.1 Å². The molecule has 5 N–H and O–H groups in total. The molecule has 0 fully saturated rings. The molecule has 44 heavy (non-hydrogen) atoms. The number of nitrogens with one attached hydrogen (secondary N) is 1. The maximum atomic E-state index is 13.8. The van der Waals surface area contributed by atoms with Gasteiger partial charge < -0.3 is 21.4 Å². The first-order valence-electron chi connectivity index (χ1n) is 16.0. The molecule has 2 aromatic heterocycles. The predicted molar refractivity (Wildman–Crippen MR) is 177 cm³/mol. The van der Waals surface area contributed by atoms with E-state index >= 15 is 0 Å². The van der Waals surface area contributed by atoms with E-state index in [-0.39, 0.29) is 17.0 Å². The van der Waals surface area contributed by atoms with Gasteiger partial charge in [-0.15, -0.1) is 0 Å². The highest BCUT2D eigenvalue weighted by atomic mass is 16.2. The van der Waals surface area contributed by atoms with Crippen molar-refractivity contribution in [2.24, 2.45) is 5.73 Å². The molecule has 10 heteroatoms. The molecule has 0 saturated carbocycles. The first kappa shape index (κ1) is 32.9. The molecule has 0 aliphatic rings. The fourth-order valence-corrected chi connectivity index (χ4v) is 5.53. The van der Waals surface area contributed by atoms with E-state index in [1.54, 1.807) is 16.7 Å². The minimum atomic E-state index is -0.369. The zero-order valence-corrected chi connectivity index (χ0v) is 26.2. The second-order valence-electron chi connectivity index (χ2n) is 11.3. The highest BCUT2D eigenvalue weighted by Gasteiger charge is 2.22. The lowest BCUT2D eigenvalue weighted by molar-refractivity contribution is 0.0979. The number of benzene rings is 2. The zero-order chi connectivity index (χ0) is 31.5. The SMILES string of the molecule is CCCCNCCn1c(Cc2ccccc2)nc2c1c(=O)n(CCC)c(=O)n2CCc1ccc(C(=O)CCCCN)cc1N. The van der Waals surface area contributed by atoms with Crippen molar-refractivity contribution in [2.45, 2.75) is 84.8 Å². The molecule has 0 aliphatic heterocycles. The number of hydrogen-bond acceptors (Lipinski definition) is 7. The highest BCUT2D eigenvalue weighted by molar-refractivity contribution is 5.97. The molecular weight excluding hydrogens is 554 g/mol. The quantitative estimate of drug-likeness (QED) is 0.0892. The van der Waals surface area contributed by atoms with Crippen LogP contribution < -0.4 is 28.0 Å². The molecule has 0 bridgehead atoms. The zero-order valence-electron chi connectivity index (χ0n) is 26.2. The van der Waals surface area contributed by atoms with Gasteiger partial charge in [0.25, 0.3) is 5.56 Å². The molecule has 10 nitrogen and oxygen atoms in total. The topological polar surface area (TPSA) is 143 Å². The number of imidazole rings is 1. The first-order valence-corrected chi connectivity index (χ1v) is 16.0. The number of anilines is 1. The van der Waals surface area contributed by atoms with Crippen LogP contribution in [0.2, 0.25) is 0 Å². The van der Waals surface area contributed by atoms with Crippen LogP contribution in [0.4, 0.5) is 5.69 Å². The summed E-state index contributed by atoms with van der Waals surface area (Å²) in [5.41, 5.74) is 15.1. The molecular formula is C34H47N7O3. The summed E-state index contributed by atoms with van der Waals surface area (Å²) >= 11 is 0. The van der Waals surface area contributed by atoms with Crippen LogP contribution in [0, 0.1) is 0 Å². The van der Waals surface area contributed by atoms with Crippen molar-refractivity contribution in [2.75, 3.05) is 25.4 Å². The monoisotopic (exact) mass is 601 g/mol. The predicted octanol–water partition coefficient (Wildman–Crippen LogP) is 3.89. The summed E-state index contributed by atoms with van der Waals surface area (Å²) in [6, 6.07) is 15.4. The first-order chi connectivity index (χ1) is 21.4. The number of hydrogen-bond donors (Lipinski definition) is 3. The maximum absolute atomic E-state index is 13.8. The third-order valence-corrected chi connectivity index (χ3v) is 8.00. The van der Waals surface area contributed by atoms with Crippen LogP contribution in [0.1, 0.15) is 79.7 Å². The van der Waals surface area contributed by atoms with Crippen molar-refractivity contribution < 1.29 is 4.79 Å². The van der Waals surface area contributed by atoms with E-state index < -0.39 is 0 Å². The number of aromatic nitrogens is 4. The Morgan fingerprint density at radius 1 is 0.886 bits per heavy atom. The fourth-order valence-electron chi connectivity index (χ4n) is 5.53. The van der Waals surface area contributed by atoms with Crippen LogP contribution in [-0.2, 0) is 32.5 Å². The molecule has 2 aromatic carbocycles. The molecule has 0 atom stereocenters. The Morgan fingerprint density at radius 2 is 1.68 bits per heavy atom. The molecule has 0 saturated heterocycles. The van der Waals surface area contributed by atoms with Gasteiger partial charge in [0.1, 0.15) is 5.82 Å². The van der Waals surface area contributed by atoms with Crippen molar-refractivity contribution in [1.29, 1.82) is 0 Å². The van der Waals surface area contributed by atoms with E-state index in [9.17, 15) is 14.4 Å². The minimum absolute atomic E-state index is 0.0435. The van der Waals surface area contributed by atoms with Gasteiger partial charge in [-0.3, -0.25) is 18.7 Å². The van der Waals surface area contributed by atoms with Gasteiger partial charge in [-0.25, -0.2) is 9.78 Å². The second-order valence-corrected chi connectivity index (χ2v) is 11.3. The molecule has 0 aliphatic carbocycles. The number of Topliss-reactive ketones (excluding diaryl/α,β-unsaturated/α-hetero) is 1. The van der Waals surface area contributed by atoms with Gasteiger partial charge in [0.05, 0.1) is 0 Å². The van der Waals surface area contributed by atoms with Crippen LogP contribution in [0.25, 0.3) is 11.2 Å². The Balaban J connectivity index is 1.72. The average Bonchev–Trinajstić information content (AvgIpc) is 3.37. The van der Waals surface area contributed by atoms with Crippen LogP contribution in [0.5, 0.6) is 0 Å². The summed E-state index contributed by atoms with van der Waals surface area (Å²) in [7, 11) is 0.